The molecule has 3 rings (SSSR count). The summed E-state index contributed by atoms with van der Waals surface area (Å²) in [7, 11) is 4.50. The smallest absolute Gasteiger partial charge is 0.271 e. The van der Waals surface area contributed by atoms with Crippen molar-refractivity contribution in [1.29, 1.82) is 0 Å². The van der Waals surface area contributed by atoms with Gasteiger partial charge in [0.05, 0.1) is 46.5 Å². The number of phenols is 1. The Balaban J connectivity index is 0.00000261. The molecule has 0 unspecified atom stereocenters. The number of nitrogens with one attached hydrogen (secondary N) is 1. The number of nitrogens with zero attached hydrogens (tertiary/aromatic N) is 3. The summed E-state index contributed by atoms with van der Waals surface area (Å²) in [5.41, 5.74) is 4.73. The average Bonchev–Trinajstić information content (AvgIpc) is 2.63. The number of likely N-dealkylation sites (N-methyl/N-ethyl adjacent to an activating group) is 1. The summed E-state index contributed by atoms with van der Waals surface area (Å²) in [5.74, 6) is -0.155. The molecule has 2 aromatic carbocycles. The van der Waals surface area contributed by atoms with Gasteiger partial charge in [-0.25, -0.2) is 5.43 Å². The van der Waals surface area contributed by atoms with E-state index in [1.165, 1.54) is 6.21 Å². The molecule has 0 atom stereocenters. The van der Waals surface area contributed by atoms with E-state index >= 15 is 0 Å². The molecule has 0 bridgehead atoms. The van der Waals surface area contributed by atoms with Crippen molar-refractivity contribution in [2.75, 3.05) is 45.2 Å². The van der Waals surface area contributed by atoms with E-state index in [0.717, 1.165) is 36.3 Å². The zero-order chi connectivity index (χ0) is 18.6. The molecular formula is C20H25IN4O2. The normalized spacial score (nSPS) is 16.0. The van der Waals surface area contributed by atoms with Crippen molar-refractivity contribution < 1.29 is 38.4 Å². The first-order valence-corrected chi connectivity index (χ1v) is 8.73. The van der Waals surface area contributed by atoms with Gasteiger partial charge in [0.25, 0.3) is 5.91 Å². The highest BCUT2D eigenvalue weighted by Gasteiger charge is 2.24. The van der Waals surface area contributed by atoms with Crippen molar-refractivity contribution in [3.05, 3.63) is 59.7 Å². The largest absolute Gasteiger partial charge is 1.00 e. The summed E-state index contributed by atoms with van der Waals surface area (Å²) in [6.07, 6.45) is 1.43. The quantitative estimate of drug-likeness (QED) is 0.257. The third-order valence-electron chi connectivity index (χ3n) is 4.75. The summed E-state index contributed by atoms with van der Waals surface area (Å²) in [4.78, 5) is 14.5. The number of aromatic hydroxyl groups is 1. The standard InChI is InChI=1S/C20H24N4O2.HI/c1-24(2)13-11-23(12-14-24)18-9-7-16(8-10-18)20(26)22-21-15-17-5-3-4-6-19(17)25;/h3-10,15H,11-14H2,1-2H3,(H-,21,22,25,26);1H. The van der Waals surface area contributed by atoms with Gasteiger partial charge in [0.2, 0.25) is 0 Å². The van der Waals surface area contributed by atoms with Crippen molar-refractivity contribution >= 4 is 17.8 Å². The number of piperazine rings is 1. The molecule has 1 aliphatic rings. The highest BCUT2D eigenvalue weighted by Crippen LogP contribution is 2.19. The molecule has 1 fully saturated rings. The highest BCUT2D eigenvalue weighted by atomic mass is 127. The van der Waals surface area contributed by atoms with Crippen LogP contribution in [0.15, 0.2) is 53.6 Å². The minimum absolute atomic E-state index is 0. The van der Waals surface area contributed by atoms with Gasteiger partial charge < -0.3 is 38.5 Å². The van der Waals surface area contributed by atoms with Crippen molar-refractivity contribution in [2.45, 2.75) is 0 Å². The van der Waals surface area contributed by atoms with Crippen molar-refractivity contribution in [3.8, 4) is 5.75 Å². The lowest BCUT2D eigenvalue weighted by Crippen LogP contribution is -3.00. The van der Waals surface area contributed by atoms with Crippen LogP contribution >= 0.6 is 0 Å². The summed E-state index contributed by atoms with van der Waals surface area (Å²) in [6.45, 7) is 4.26. The molecule has 1 heterocycles. The van der Waals surface area contributed by atoms with Crippen LogP contribution in [0.5, 0.6) is 5.75 Å². The fourth-order valence-corrected chi connectivity index (χ4v) is 2.91. The van der Waals surface area contributed by atoms with Gasteiger partial charge in [-0.1, -0.05) is 12.1 Å². The zero-order valence-electron chi connectivity index (χ0n) is 15.6. The van der Waals surface area contributed by atoms with Gasteiger partial charge >= 0.3 is 0 Å². The lowest BCUT2D eigenvalue weighted by atomic mass is 10.1. The number of hydrazone groups is 1. The van der Waals surface area contributed by atoms with E-state index in [4.69, 9.17) is 0 Å². The summed E-state index contributed by atoms with van der Waals surface area (Å²) >= 11 is 0. The Morgan fingerprint density at radius 1 is 1.11 bits per heavy atom. The van der Waals surface area contributed by atoms with Crippen LogP contribution < -0.4 is 34.3 Å². The third kappa shape index (κ3) is 5.67. The number of carbonyl (C=O) groups excluding carboxylic acids is 1. The molecule has 0 aromatic heterocycles. The van der Waals surface area contributed by atoms with Crippen molar-refractivity contribution in [1.82, 2.24) is 5.43 Å². The first kappa shape index (κ1) is 21.2. The first-order valence-electron chi connectivity index (χ1n) is 8.73. The number of para-hydroxylation sites is 1. The molecule has 2 aromatic rings. The number of rotatable bonds is 4. The molecule has 27 heavy (non-hydrogen) atoms. The second-order valence-corrected chi connectivity index (χ2v) is 7.17. The minimum atomic E-state index is -0.278. The number of halogens is 1. The van der Waals surface area contributed by atoms with Gasteiger partial charge in [0.1, 0.15) is 5.75 Å². The fraction of sp³-hybridized carbons (Fsp3) is 0.300. The molecule has 1 amide bonds. The van der Waals surface area contributed by atoms with Crippen molar-refractivity contribution in [3.63, 3.8) is 0 Å². The van der Waals surface area contributed by atoms with E-state index in [0.29, 0.717) is 11.1 Å². The van der Waals surface area contributed by atoms with E-state index < -0.39 is 0 Å². The molecule has 0 aliphatic carbocycles. The van der Waals surface area contributed by atoms with Crippen LogP contribution in [0, 0.1) is 0 Å². The monoisotopic (exact) mass is 480 g/mol. The van der Waals surface area contributed by atoms with Gasteiger partial charge in [0, 0.05) is 16.8 Å². The molecule has 6 nitrogen and oxygen atoms in total. The average molecular weight is 480 g/mol. The maximum absolute atomic E-state index is 12.2. The minimum Gasteiger partial charge on any atom is -1.00 e. The summed E-state index contributed by atoms with van der Waals surface area (Å²) < 4.78 is 1.05. The maximum Gasteiger partial charge on any atom is 0.271 e. The van der Waals surface area contributed by atoms with Gasteiger partial charge in [-0.3, -0.25) is 4.79 Å². The molecule has 0 saturated carbocycles. The Morgan fingerprint density at radius 3 is 2.37 bits per heavy atom. The Bertz CT molecular complexity index is 796. The molecule has 1 aliphatic heterocycles. The second-order valence-electron chi connectivity index (χ2n) is 7.17. The van der Waals surface area contributed by atoms with E-state index in [-0.39, 0.29) is 35.6 Å². The van der Waals surface area contributed by atoms with Crippen LogP contribution in [0.2, 0.25) is 0 Å². The summed E-state index contributed by atoms with van der Waals surface area (Å²) in [5, 5.41) is 13.6. The first-order chi connectivity index (χ1) is 12.4. The molecule has 2 N–H and O–H groups in total. The number of amides is 1. The maximum atomic E-state index is 12.2. The number of hydrogen-bond donors (Lipinski definition) is 2. The summed E-state index contributed by atoms with van der Waals surface area (Å²) in [6, 6.07) is 14.4. The zero-order valence-corrected chi connectivity index (χ0v) is 17.8. The predicted octanol–water partition coefficient (Wildman–Crippen LogP) is -0.943. The SMILES string of the molecule is C[N+]1(C)CCN(c2ccc(C(=O)N/N=C/c3ccccc3O)cc2)CC1.[I-]. The Morgan fingerprint density at radius 2 is 1.74 bits per heavy atom. The molecule has 0 radical (unpaired) electrons. The molecule has 144 valence electrons. The number of hydrogen-bond acceptors (Lipinski definition) is 4. The third-order valence-corrected chi connectivity index (χ3v) is 4.75. The number of quaternary nitrogens is 1. The van der Waals surface area contributed by atoms with Gasteiger partial charge in [-0.2, -0.15) is 5.10 Å². The van der Waals surface area contributed by atoms with E-state index in [1.54, 1.807) is 24.3 Å². The van der Waals surface area contributed by atoms with E-state index in [9.17, 15) is 9.90 Å². The van der Waals surface area contributed by atoms with Gasteiger partial charge in [-0.15, -0.1) is 0 Å². The topological polar surface area (TPSA) is 64.9 Å². The van der Waals surface area contributed by atoms with Crippen LogP contribution in [0.1, 0.15) is 15.9 Å². The van der Waals surface area contributed by atoms with Gasteiger partial charge in [0.15, 0.2) is 0 Å². The van der Waals surface area contributed by atoms with Crippen LogP contribution in [-0.2, 0) is 0 Å². The van der Waals surface area contributed by atoms with Crippen LogP contribution in [0.4, 0.5) is 5.69 Å². The second kappa shape index (κ2) is 9.18. The number of phenolic OH excluding ortho intramolecular Hbond substituents is 1. The fourth-order valence-electron chi connectivity index (χ4n) is 2.91. The van der Waals surface area contributed by atoms with Crippen LogP contribution in [-0.4, -0.2) is 62.0 Å². The Labute approximate surface area is 177 Å². The predicted molar refractivity (Wildman–Crippen MR) is 104 cm³/mol. The van der Waals surface area contributed by atoms with Crippen molar-refractivity contribution in [2.24, 2.45) is 5.10 Å². The van der Waals surface area contributed by atoms with Crippen LogP contribution in [0.25, 0.3) is 0 Å². The van der Waals surface area contributed by atoms with Gasteiger partial charge in [-0.05, 0) is 36.4 Å². The molecule has 7 heteroatoms. The Kier molecular flexibility index (Phi) is 7.20. The Hall–Kier alpha value is -2.13. The number of anilines is 1. The molecular weight excluding hydrogens is 455 g/mol. The van der Waals surface area contributed by atoms with Crippen LogP contribution in [0.3, 0.4) is 0 Å². The molecule has 0 spiro atoms. The van der Waals surface area contributed by atoms with E-state index in [1.807, 2.05) is 24.3 Å². The molecule has 1 saturated heterocycles. The lowest BCUT2D eigenvalue weighted by Gasteiger charge is -2.40. The highest BCUT2D eigenvalue weighted by molar-refractivity contribution is 5.95. The lowest BCUT2D eigenvalue weighted by molar-refractivity contribution is -0.890. The number of carbonyl (C=O) groups is 1. The number of benzene rings is 2. The van der Waals surface area contributed by atoms with E-state index in [2.05, 4.69) is 29.5 Å².